The van der Waals surface area contributed by atoms with E-state index in [1.807, 2.05) is 25.3 Å². The first-order valence-corrected chi connectivity index (χ1v) is 5.90. The van der Waals surface area contributed by atoms with E-state index in [2.05, 4.69) is 26.2 Å². The quantitative estimate of drug-likeness (QED) is 0.800. The van der Waals surface area contributed by atoms with E-state index in [9.17, 15) is 0 Å². The Morgan fingerprint density at radius 1 is 1.47 bits per heavy atom. The van der Waals surface area contributed by atoms with Crippen LogP contribution in [0.15, 0.2) is 22.7 Å². The predicted molar refractivity (Wildman–Crippen MR) is 60.1 cm³/mol. The second-order valence-corrected chi connectivity index (χ2v) is 4.15. The van der Waals surface area contributed by atoms with E-state index < -0.39 is 0 Å². The number of aryl methyl sites for hydroxylation is 2. The summed E-state index contributed by atoms with van der Waals surface area (Å²) in [4.78, 5) is 0. The van der Waals surface area contributed by atoms with Crippen molar-refractivity contribution in [2.75, 3.05) is 5.33 Å². The molecule has 2 aromatic heterocycles. The van der Waals surface area contributed by atoms with E-state index in [1.165, 1.54) is 0 Å². The number of rotatable bonds is 4. The monoisotopic (exact) mass is 269 g/mol. The van der Waals surface area contributed by atoms with Crippen LogP contribution in [0.2, 0.25) is 0 Å². The zero-order valence-corrected chi connectivity index (χ0v) is 10.1. The SMILES string of the molecule is Cc1ccc(Cn2cc(CCBr)nn2)o1. The summed E-state index contributed by atoms with van der Waals surface area (Å²) < 4.78 is 7.25. The van der Waals surface area contributed by atoms with Crippen molar-refractivity contribution in [1.82, 2.24) is 15.0 Å². The summed E-state index contributed by atoms with van der Waals surface area (Å²) in [5, 5.41) is 8.98. The molecule has 0 amide bonds. The summed E-state index contributed by atoms with van der Waals surface area (Å²) >= 11 is 3.37. The van der Waals surface area contributed by atoms with Gasteiger partial charge in [0, 0.05) is 17.9 Å². The van der Waals surface area contributed by atoms with E-state index in [0.29, 0.717) is 6.54 Å². The molecule has 4 nitrogen and oxygen atoms in total. The van der Waals surface area contributed by atoms with Crippen LogP contribution in [0.4, 0.5) is 0 Å². The number of hydrogen-bond acceptors (Lipinski definition) is 3. The molecule has 2 heterocycles. The van der Waals surface area contributed by atoms with Crippen LogP contribution in [0.3, 0.4) is 0 Å². The van der Waals surface area contributed by atoms with Gasteiger partial charge in [-0.1, -0.05) is 21.1 Å². The Bertz CT molecular complexity index is 435. The lowest BCUT2D eigenvalue weighted by Gasteiger charge is -1.95. The summed E-state index contributed by atoms with van der Waals surface area (Å²) in [6, 6.07) is 3.91. The molecule has 0 saturated carbocycles. The Morgan fingerprint density at radius 3 is 3.00 bits per heavy atom. The van der Waals surface area contributed by atoms with E-state index in [0.717, 1.165) is 29.0 Å². The maximum Gasteiger partial charge on any atom is 0.125 e. The molecular weight excluding hydrogens is 258 g/mol. The maximum atomic E-state index is 5.46. The summed E-state index contributed by atoms with van der Waals surface area (Å²) in [7, 11) is 0. The van der Waals surface area contributed by atoms with Crippen LogP contribution in [0.1, 0.15) is 17.2 Å². The van der Waals surface area contributed by atoms with Gasteiger partial charge in [-0.25, -0.2) is 4.68 Å². The molecule has 0 aliphatic heterocycles. The minimum Gasteiger partial charge on any atom is -0.464 e. The highest BCUT2D eigenvalue weighted by atomic mass is 79.9. The molecule has 0 spiro atoms. The molecule has 80 valence electrons. The molecule has 2 rings (SSSR count). The van der Waals surface area contributed by atoms with Gasteiger partial charge in [0.2, 0.25) is 0 Å². The summed E-state index contributed by atoms with van der Waals surface area (Å²) in [6.07, 6.45) is 2.84. The molecule has 15 heavy (non-hydrogen) atoms. The first kappa shape index (κ1) is 10.4. The Morgan fingerprint density at radius 2 is 2.33 bits per heavy atom. The van der Waals surface area contributed by atoms with Crippen molar-refractivity contribution in [1.29, 1.82) is 0 Å². The number of furan rings is 1. The van der Waals surface area contributed by atoms with E-state index in [1.54, 1.807) is 4.68 Å². The molecule has 0 aliphatic rings. The Kier molecular flexibility index (Phi) is 3.20. The summed E-state index contributed by atoms with van der Waals surface area (Å²) in [5.74, 6) is 1.83. The number of halogens is 1. The van der Waals surface area contributed by atoms with Gasteiger partial charge in [-0.3, -0.25) is 0 Å². The number of hydrogen-bond donors (Lipinski definition) is 0. The van der Waals surface area contributed by atoms with Gasteiger partial charge in [0.25, 0.3) is 0 Å². The van der Waals surface area contributed by atoms with Crippen molar-refractivity contribution in [3.8, 4) is 0 Å². The molecule has 0 atom stereocenters. The largest absolute Gasteiger partial charge is 0.464 e. The van der Waals surface area contributed by atoms with Crippen LogP contribution in [0.5, 0.6) is 0 Å². The average Bonchev–Trinajstić information content (AvgIpc) is 2.78. The zero-order chi connectivity index (χ0) is 10.7. The Hall–Kier alpha value is -1.10. The van der Waals surface area contributed by atoms with Crippen molar-refractivity contribution in [3.63, 3.8) is 0 Å². The van der Waals surface area contributed by atoms with Crippen molar-refractivity contribution < 1.29 is 4.42 Å². The van der Waals surface area contributed by atoms with Crippen molar-refractivity contribution in [3.05, 3.63) is 35.5 Å². The molecule has 0 saturated heterocycles. The van der Waals surface area contributed by atoms with E-state index in [4.69, 9.17) is 4.42 Å². The summed E-state index contributed by atoms with van der Waals surface area (Å²) in [5.41, 5.74) is 0.996. The first-order valence-electron chi connectivity index (χ1n) is 4.78. The predicted octanol–water partition coefficient (Wildman–Crippen LogP) is 2.17. The fourth-order valence-corrected chi connectivity index (χ4v) is 1.76. The molecule has 2 aromatic rings. The Balaban J connectivity index is 2.04. The number of aromatic nitrogens is 3. The van der Waals surface area contributed by atoms with Gasteiger partial charge in [0.1, 0.15) is 18.1 Å². The lowest BCUT2D eigenvalue weighted by atomic mass is 10.4. The summed E-state index contributed by atoms with van der Waals surface area (Å²) in [6.45, 7) is 2.57. The third-order valence-corrected chi connectivity index (χ3v) is 2.45. The van der Waals surface area contributed by atoms with Gasteiger partial charge in [0.15, 0.2) is 0 Å². The zero-order valence-electron chi connectivity index (χ0n) is 8.48. The second-order valence-electron chi connectivity index (χ2n) is 3.36. The number of nitrogens with zero attached hydrogens (tertiary/aromatic N) is 3. The molecule has 0 aromatic carbocycles. The third-order valence-electron chi connectivity index (χ3n) is 2.05. The van der Waals surface area contributed by atoms with Gasteiger partial charge in [-0.05, 0) is 19.1 Å². The van der Waals surface area contributed by atoms with Crippen molar-refractivity contribution >= 4 is 15.9 Å². The fourth-order valence-electron chi connectivity index (χ4n) is 1.36. The van der Waals surface area contributed by atoms with E-state index in [-0.39, 0.29) is 0 Å². The molecule has 0 N–H and O–H groups in total. The van der Waals surface area contributed by atoms with Gasteiger partial charge in [-0.15, -0.1) is 5.10 Å². The van der Waals surface area contributed by atoms with Crippen LogP contribution in [0, 0.1) is 6.92 Å². The van der Waals surface area contributed by atoms with Crippen molar-refractivity contribution in [2.45, 2.75) is 19.9 Å². The Labute approximate surface area is 96.4 Å². The van der Waals surface area contributed by atoms with Crippen LogP contribution < -0.4 is 0 Å². The highest BCUT2D eigenvalue weighted by Gasteiger charge is 2.03. The molecule has 0 radical (unpaired) electrons. The van der Waals surface area contributed by atoms with E-state index >= 15 is 0 Å². The molecule has 5 heteroatoms. The topological polar surface area (TPSA) is 43.9 Å². The van der Waals surface area contributed by atoms with Gasteiger partial charge in [-0.2, -0.15) is 0 Å². The van der Waals surface area contributed by atoms with Crippen LogP contribution in [0.25, 0.3) is 0 Å². The fraction of sp³-hybridized carbons (Fsp3) is 0.400. The minimum absolute atomic E-state index is 0.642. The van der Waals surface area contributed by atoms with Crippen molar-refractivity contribution in [2.24, 2.45) is 0 Å². The smallest absolute Gasteiger partial charge is 0.125 e. The highest BCUT2D eigenvalue weighted by Crippen LogP contribution is 2.08. The van der Waals surface area contributed by atoms with Gasteiger partial charge >= 0.3 is 0 Å². The molecule has 0 aliphatic carbocycles. The van der Waals surface area contributed by atoms with Gasteiger partial charge < -0.3 is 4.42 Å². The van der Waals surface area contributed by atoms with Crippen LogP contribution in [-0.4, -0.2) is 20.3 Å². The second kappa shape index (κ2) is 4.61. The molecule has 0 fully saturated rings. The molecule has 0 bridgehead atoms. The lowest BCUT2D eigenvalue weighted by molar-refractivity contribution is 0.455. The first-order chi connectivity index (χ1) is 7.28. The molecule has 0 unspecified atom stereocenters. The maximum absolute atomic E-state index is 5.46. The van der Waals surface area contributed by atoms with Crippen LogP contribution >= 0.6 is 15.9 Å². The molecular formula is C10H12BrN3O. The minimum atomic E-state index is 0.642. The number of alkyl halides is 1. The highest BCUT2D eigenvalue weighted by molar-refractivity contribution is 9.09. The van der Waals surface area contributed by atoms with Gasteiger partial charge in [0.05, 0.1) is 5.69 Å². The van der Waals surface area contributed by atoms with Crippen LogP contribution in [-0.2, 0) is 13.0 Å². The third kappa shape index (κ3) is 2.68. The average molecular weight is 270 g/mol. The normalized spacial score (nSPS) is 10.8. The lowest BCUT2D eigenvalue weighted by Crippen LogP contribution is -1.98. The standard InChI is InChI=1S/C10H12BrN3O/c1-8-2-3-10(15-8)7-14-6-9(4-5-11)12-13-14/h2-3,6H,4-5,7H2,1H3.